The van der Waals surface area contributed by atoms with E-state index in [1.807, 2.05) is 79.9 Å². The van der Waals surface area contributed by atoms with Crippen LogP contribution in [-0.4, -0.2) is 185 Å². The Kier molecular flexibility index (Phi) is 13.3. The first-order valence-electron chi connectivity index (χ1n) is 31.5. The summed E-state index contributed by atoms with van der Waals surface area (Å²) in [6.45, 7) is 7.12. The fourth-order valence-electron chi connectivity index (χ4n) is 17.1. The van der Waals surface area contributed by atoms with E-state index in [1.165, 1.54) is 44.2 Å². The Morgan fingerprint density at radius 1 is 0.670 bits per heavy atom. The van der Waals surface area contributed by atoms with Gasteiger partial charge >= 0.3 is 0 Å². The number of carbonyl (C=O) groups is 6. The molecule has 20 heteroatoms. The van der Waals surface area contributed by atoms with Crippen LogP contribution in [0.5, 0.6) is 0 Å². The third-order valence-corrected chi connectivity index (χ3v) is 21.4. The summed E-state index contributed by atoms with van der Waals surface area (Å²) in [6.07, 6.45) is 11.5. The van der Waals surface area contributed by atoms with Gasteiger partial charge in [0.2, 0.25) is 35.1 Å². The van der Waals surface area contributed by atoms with Crippen molar-refractivity contribution in [1.82, 2.24) is 50.0 Å². The second kappa shape index (κ2) is 20.7. The molecule has 13 atom stereocenters. The van der Waals surface area contributed by atoms with E-state index in [2.05, 4.69) is 80.2 Å². The summed E-state index contributed by atoms with van der Waals surface area (Å²) in [5.74, 6) is -7.58. The van der Waals surface area contributed by atoms with Crippen LogP contribution in [0.3, 0.4) is 0 Å². The van der Waals surface area contributed by atoms with Crippen molar-refractivity contribution in [3.05, 3.63) is 149 Å². The molecule has 7 saturated heterocycles. The number of fused-ring (bicyclic) bond motifs is 10. The van der Waals surface area contributed by atoms with Crippen molar-refractivity contribution in [2.75, 3.05) is 40.3 Å². The summed E-state index contributed by atoms with van der Waals surface area (Å²) in [6, 6.07) is 28.6. The molecular formula is C68H76N10O10. The van der Waals surface area contributed by atoms with Crippen molar-refractivity contribution < 1.29 is 48.5 Å². The first kappa shape index (κ1) is 56.8. The molecule has 6 N–H and O–H groups in total. The maximum absolute atomic E-state index is 14.6. The van der Waals surface area contributed by atoms with Crippen molar-refractivity contribution in [3.8, 4) is 0 Å². The Morgan fingerprint density at radius 2 is 1.25 bits per heavy atom. The molecule has 6 aromatic rings. The molecule has 6 amide bonds. The number of amides is 6. The molecular weight excluding hydrogens is 1120 g/mol. The van der Waals surface area contributed by atoms with Crippen LogP contribution in [0, 0.1) is 17.8 Å². The Balaban J connectivity index is 0.000000148. The monoisotopic (exact) mass is 1190 g/mol. The number of H-pyrrole nitrogens is 2. The lowest BCUT2D eigenvalue weighted by atomic mass is 9.72. The Bertz CT molecular complexity index is 3890. The minimum Gasteiger partial charge on any atom is -0.361 e. The normalized spacial score (nSPS) is 33.8. The topological polar surface area (TPSA) is 236 Å². The van der Waals surface area contributed by atoms with E-state index in [9.17, 15) is 39.0 Å². The zero-order valence-corrected chi connectivity index (χ0v) is 50.3. The number of hydrogen-bond acceptors (Lipinski definition) is 12. The molecule has 88 heavy (non-hydrogen) atoms. The van der Waals surface area contributed by atoms with E-state index in [-0.39, 0.29) is 60.4 Å². The first-order chi connectivity index (χ1) is 42.3. The van der Waals surface area contributed by atoms with Crippen molar-refractivity contribution in [2.24, 2.45) is 17.8 Å². The van der Waals surface area contributed by atoms with Crippen molar-refractivity contribution in [1.29, 1.82) is 0 Å². The van der Waals surface area contributed by atoms with Crippen LogP contribution in [0.4, 0.5) is 0 Å². The first-order valence-corrected chi connectivity index (χ1v) is 31.5. The molecule has 16 rings (SSSR count). The molecule has 0 spiro atoms. The summed E-state index contributed by atoms with van der Waals surface area (Å²) in [5.41, 5.74) is 6.33. The predicted molar refractivity (Wildman–Crippen MR) is 325 cm³/mol. The number of hydrogen-bond donors (Lipinski definition) is 6. The van der Waals surface area contributed by atoms with Crippen LogP contribution < -0.4 is 10.6 Å². The van der Waals surface area contributed by atoms with Gasteiger partial charge in [0.1, 0.15) is 24.2 Å². The smallest absolute Gasteiger partial charge is 0.281 e. The predicted octanol–water partition coefficient (Wildman–Crippen LogP) is 4.71. The highest BCUT2D eigenvalue weighted by Crippen LogP contribution is 2.51. The third-order valence-electron chi connectivity index (χ3n) is 21.4. The lowest BCUT2D eigenvalue weighted by molar-refractivity contribution is -0.321. The van der Waals surface area contributed by atoms with Crippen LogP contribution >= 0.6 is 0 Å². The molecule has 0 saturated carbocycles. The van der Waals surface area contributed by atoms with E-state index in [0.29, 0.717) is 58.3 Å². The van der Waals surface area contributed by atoms with Crippen LogP contribution in [0.15, 0.2) is 116 Å². The number of rotatable bonds is 9. The number of piperazine rings is 2. The lowest BCUT2D eigenvalue weighted by Crippen LogP contribution is -2.71. The van der Waals surface area contributed by atoms with Gasteiger partial charge in [-0.3, -0.25) is 52.9 Å². The second-order valence-corrected chi connectivity index (χ2v) is 26.8. The maximum Gasteiger partial charge on any atom is 0.281 e. The highest BCUT2D eigenvalue weighted by molar-refractivity contribution is 6.02. The molecule has 10 aliphatic rings. The fraction of sp³-hybridized carbons (Fsp3) is 0.471. The third kappa shape index (κ3) is 8.52. The number of nitrogens with zero attached hydrogens (tertiary/aromatic N) is 6. The summed E-state index contributed by atoms with van der Waals surface area (Å²) in [4.78, 5) is 102. The largest absolute Gasteiger partial charge is 0.361 e. The quantitative estimate of drug-likeness (QED) is 0.116. The molecule has 8 aliphatic heterocycles. The van der Waals surface area contributed by atoms with Crippen LogP contribution in [0.2, 0.25) is 0 Å². The van der Waals surface area contributed by atoms with E-state index in [4.69, 9.17) is 9.47 Å². The molecule has 458 valence electrons. The van der Waals surface area contributed by atoms with Gasteiger partial charge in [-0.25, -0.2) is 0 Å². The molecule has 0 unspecified atom stereocenters. The molecule has 20 nitrogen and oxygen atoms in total. The van der Waals surface area contributed by atoms with E-state index >= 15 is 0 Å². The zero-order valence-electron chi connectivity index (χ0n) is 50.3. The van der Waals surface area contributed by atoms with Gasteiger partial charge in [0.05, 0.1) is 11.8 Å². The van der Waals surface area contributed by atoms with Gasteiger partial charge in [0.15, 0.2) is 0 Å². The molecule has 0 radical (unpaired) electrons. The van der Waals surface area contributed by atoms with Crippen molar-refractivity contribution in [2.45, 2.75) is 144 Å². The minimum atomic E-state index is -2.06. The average molecular weight is 1190 g/mol. The molecule has 2 aliphatic carbocycles. The number of aromatic amines is 2. The van der Waals surface area contributed by atoms with Gasteiger partial charge in [-0.05, 0) is 117 Å². The number of carbonyl (C=O) groups excluding carboxylic acids is 6. The summed E-state index contributed by atoms with van der Waals surface area (Å²) in [5, 5.41) is 32.7. The highest BCUT2D eigenvalue weighted by Gasteiger charge is 2.73. The van der Waals surface area contributed by atoms with Crippen LogP contribution in [0.25, 0.3) is 27.4 Å². The van der Waals surface area contributed by atoms with E-state index in [0.717, 1.165) is 46.1 Å². The number of likely N-dealkylation sites (N-methyl/N-ethyl adjacent to an activating group) is 2. The van der Waals surface area contributed by atoms with Gasteiger partial charge in [-0.2, -0.15) is 0 Å². The van der Waals surface area contributed by atoms with Crippen LogP contribution in [-0.2, 0) is 63.9 Å². The van der Waals surface area contributed by atoms with E-state index in [1.54, 1.807) is 23.6 Å². The summed E-state index contributed by atoms with van der Waals surface area (Å²) < 4.78 is 12.7. The molecule has 2 aromatic heterocycles. The number of aliphatic hydroxyl groups is 2. The number of ether oxygens (including phenoxy) is 2. The van der Waals surface area contributed by atoms with E-state index < -0.39 is 71.1 Å². The molecule has 10 heterocycles. The number of benzene rings is 4. The number of nitrogens with one attached hydrogen (secondary N) is 4. The maximum atomic E-state index is 14.6. The van der Waals surface area contributed by atoms with Gasteiger partial charge in [0, 0.05) is 97.1 Å². The van der Waals surface area contributed by atoms with Crippen molar-refractivity contribution >= 4 is 62.8 Å². The van der Waals surface area contributed by atoms with Crippen molar-refractivity contribution in [3.63, 3.8) is 0 Å². The molecule has 7 fully saturated rings. The van der Waals surface area contributed by atoms with Gasteiger partial charge < -0.3 is 45.5 Å². The molecule has 4 aromatic carbocycles. The average Bonchev–Trinajstić information content (AvgIpc) is 1.63. The number of aromatic nitrogens is 2. The second-order valence-electron chi connectivity index (χ2n) is 26.8. The standard InChI is InChI=1S/C35H39N5O5.C33H37N5O5/c1-20(2)34(37-31(41)23-16-25-24-11-7-12-26-30(24)22(18-36-26)17-27(25)38(3)19-23)33(43)40-28(15-21-9-5-4-6-10-21)32(42)39-14-8-13-29(39)35(40,44)45-34;1-32(35-29(39)21-15-23-22-10-6-11-24-28(22)20(17-34-24)16-25(23)36(2)18-21)31(41)38-26(14-19-8-4-3-5-9-19)30(40)37-13-7-12-27(37)33(38,42)43-32/h4-7,9-12,16,18,20,23,27-29,36,44H,8,13-15,17,19H2,1-3H3,(H,37,41);3-6,8-11,17,21,23,25-27,34,42H,7,12-16,18H2,1-2H3,(H,35,39)/t23-,27-,28+,29+,34-,35+;21-,23-,25-,26+,27+,32-,33+/m11/s1. The fourth-order valence-corrected chi connectivity index (χ4v) is 17.1. The Morgan fingerprint density at radius 3 is 1.88 bits per heavy atom. The summed E-state index contributed by atoms with van der Waals surface area (Å²) >= 11 is 0. The SMILES string of the molecule is CC(C)[C@@]1(NC(=O)[C@@H]2C=C3c4cccc5[nH]cc(c45)C[C@H]3N(C)C2)O[C@@]2(O)[C@@H]3CCCN3C(=O)[C@H](Cc3ccccc3)N2C1=O.CN1C[C@H](C(=O)N[C@]2(C)O[C@@]3(O)[C@@H]4CCCN4C(=O)[C@H](Cc4ccccc4)N3C2=O)C[C@@H]2c3cccc4[nH]cc(c34)C[C@H]21. The Labute approximate surface area is 510 Å². The number of likely N-dealkylation sites (tertiary alicyclic amines) is 1. The van der Waals surface area contributed by atoms with Gasteiger partial charge in [-0.15, -0.1) is 0 Å². The Hall–Kier alpha value is -7.72. The van der Waals surface area contributed by atoms with Crippen LogP contribution in [0.1, 0.15) is 92.2 Å². The number of piperidine rings is 1. The van der Waals surface area contributed by atoms with Gasteiger partial charge in [0.25, 0.3) is 23.6 Å². The zero-order chi connectivity index (χ0) is 60.9. The lowest BCUT2D eigenvalue weighted by Gasteiger charge is -2.48. The molecule has 0 bridgehead atoms. The summed E-state index contributed by atoms with van der Waals surface area (Å²) in [7, 11) is 4.09. The van der Waals surface area contributed by atoms with Gasteiger partial charge in [-0.1, -0.05) is 105 Å². The highest BCUT2D eigenvalue weighted by atomic mass is 16.7. The minimum absolute atomic E-state index is 0.138.